The summed E-state index contributed by atoms with van der Waals surface area (Å²) in [5.41, 5.74) is 0.348. The number of carbonyl (C=O) groups is 1. The van der Waals surface area contributed by atoms with Crippen LogP contribution in [0.25, 0.3) is 0 Å². The van der Waals surface area contributed by atoms with Crippen LogP contribution in [0.1, 0.15) is 5.56 Å². The molecular weight excluding hydrogens is 296 g/mol. The Morgan fingerprint density at radius 2 is 1.89 bits per heavy atom. The van der Waals surface area contributed by atoms with Crippen LogP contribution in [0.15, 0.2) is 29.2 Å². The van der Waals surface area contributed by atoms with Crippen LogP contribution >= 0.6 is 0 Å². The molecule has 1 rings (SSSR count). The van der Waals surface area contributed by atoms with E-state index in [0.717, 1.165) is 0 Å². The van der Waals surface area contributed by atoms with Crippen molar-refractivity contribution in [1.82, 2.24) is 4.72 Å². The maximum atomic E-state index is 11.3. The van der Waals surface area contributed by atoms with Crippen molar-refractivity contribution in [2.45, 2.75) is 11.4 Å². The minimum absolute atomic E-state index is 0.151. The number of sulfonamides is 2. The summed E-state index contributed by atoms with van der Waals surface area (Å²) in [6.45, 7) is -0.223. The van der Waals surface area contributed by atoms with Gasteiger partial charge in [-0.25, -0.2) is 26.7 Å². The number of carboxylic acid groups (broad SMARTS) is 1. The van der Waals surface area contributed by atoms with Crippen LogP contribution in [0.5, 0.6) is 0 Å². The molecule has 0 saturated heterocycles. The quantitative estimate of drug-likeness (QED) is 0.604. The number of nitrogens with one attached hydrogen (secondary N) is 1. The van der Waals surface area contributed by atoms with Gasteiger partial charge in [-0.3, -0.25) is 4.79 Å². The van der Waals surface area contributed by atoms with Crippen molar-refractivity contribution >= 4 is 26.0 Å². The van der Waals surface area contributed by atoms with Gasteiger partial charge in [0.05, 0.1) is 4.90 Å². The number of primary sulfonamides is 1. The molecule has 19 heavy (non-hydrogen) atoms. The van der Waals surface area contributed by atoms with Crippen LogP contribution in [0.4, 0.5) is 0 Å². The number of rotatable bonds is 6. The van der Waals surface area contributed by atoms with Crippen molar-refractivity contribution in [3.8, 4) is 0 Å². The number of benzene rings is 1. The fourth-order valence-corrected chi connectivity index (χ4v) is 2.64. The van der Waals surface area contributed by atoms with E-state index in [9.17, 15) is 21.6 Å². The molecule has 1 aromatic carbocycles. The Labute approximate surface area is 110 Å². The summed E-state index contributed by atoms with van der Waals surface area (Å²) in [5.74, 6) is -2.53. The largest absolute Gasteiger partial charge is 0.480 e. The molecule has 0 aliphatic carbocycles. The Kier molecular flexibility index (Phi) is 4.63. The zero-order valence-electron chi connectivity index (χ0n) is 9.61. The zero-order chi connectivity index (χ0) is 14.7. The monoisotopic (exact) mass is 308 g/mol. The highest BCUT2D eigenvalue weighted by molar-refractivity contribution is 7.90. The highest BCUT2D eigenvalue weighted by Crippen LogP contribution is 2.09. The van der Waals surface area contributed by atoms with Crippen LogP contribution in [-0.2, 0) is 31.4 Å². The molecule has 0 amide bonds. The van der Waals surface area contributed by atoms with E-state index in [1.165, 1.54) is 24.3 Å². The standard InChI is InChI=1S/C9H12N2O6S2/c10-19(16,17)8-3-1-2-7(4-8)5-11-18(14,15)6-9(12)13/h1-4,11H,5-6H2,(H,12,13)(H2,10,16,17). The van der Waals surface area contributed by atoms with Gasteiger partial charge in [-0.05, 0) is 17.7 Å². The van der Waals surface area contributed by atoms with Gasteiger partial charge in [0.2, 0.25) is 20.0 Å². The molecule has 0 aliphatic rings. The molecule has 0 bridgehead atoms. The first-order valence-corrected chi connectivity index (χ1v) is 8.11. The van der Waals surface area contributed by atoms with Crippen LogP contribution in [0.2, 0.25) is 0 Å². The van der Waals surface area contributed by atoms with Gasteiger partial charge in [0, 0.05) is 6.54 Å². The number of hydrogen-bond donors (Lipinski definition) is 3. The molecule has 8 nitrogen and oxygen atoms in total. The molecular formula is C9H12N2O6S2. The van der Waals surface area contributed by atoms with Crippen LogP contribution in [0.3, 0.4) is 0 Å². The van der Waals surface area contributed by atoms with E-state index in [-0.39, 0.29) is 11.4 Å². The summed E-state index contributed by atoms with van der Waals surface area (Å²) in [4.78, 5) is 10.1. The van der Waals surface area contributed by atoms with Crippen molar-refractivity contribution in [3.05, 3.63) is 29.8 Å². The lowest BCUT2D eigenvalue weighted by Crippen LogP contribution is -2.29. The fraction of sp³-hybridized carbons (Fsp3) is 0.222. The third kappa shape index (κ3) is 5.34. The Bertz CT molecular complexity index is 680. The van der Waals surface area contributed by atoms with Gasteiger partial charge in [0.1, 0.15) is 0 Å². The number of aliphatic carboxylic acids is 1. The molecule has 0 atom stereocenters. The summed E-state index contributed by atoms with van der Waals surface area (Å²) < 4.78 is 46.7. The zero-order valence-corrected chi connectivity index (χ0v) is 11.2. The maximum absolute atomic E-state index is 11.3. The summed E-state index contributed by atoms with van der Waals surface area (Å²) in [7, 11) is -7.83. The molecule has 0 spiro atoms. The lowest BCUT2D eigenvalue weighted by molar-refractivity contribution is -0.134. The van der Waals surface area contributed by atoms with Crippen molar-refractivity contribution in [2.75, 3.05) is 5.75 Å². The lowest BCUT2D eigenvalue weighted by Gasteiger charge is -2.06. The minimum Gasteiger partial charge on any atom is -0.480 e. The average Bonchev–Trinajstić information content (AvgIpc) is 2.24. The number of nitrogens with two attached hydrogens (primary N) is 1. The molecule has 4 N–H and O–H groups in total. The van der Waals surface area contributed by atoms with E-state index >= 15 is 0 Å². The number of hydrogen-bond acceptors (Lipinski definition) is 5. The summed E-state index contributed by atoms with van der Waals surface area (Å²) in [6.07, 6.45) is 0. The van der Waals surface area contributed by atoms with Crippen molar-refractivity contribution < 1.29 is 26.7 Å². The summed E-state index contributed by atoms with van der Waals surface area (Å²) in [6, 6.07) is 5.36. The van der Waals surface area contributed by atoms with Gasteiger partial charge in [-0.2, -0.15) is 0 Å². The van der Waals surface area contributed by atoms with Gasteiger partial charge < -0.3 is 5.11 Å². The predicted octanol–water partition coefficient (Wildman–Crippen LogP) is -1.16. The molecule has 106 valence electrons. The van der Waals surface area contributed by atoms with E-state index in [1.54, 1.807) is 0 Å². The van der Waals surface area contributed by atoms with E-state index < -0.39 is 31.8 Å². The minimum atomic E-state index is -3.96. The third-order valence-electron chi connectivity index (χ3n) is 2.04. The molecule has 0 radical (unpaired) electrons. The Balaban J connectivity index is 2.82. The van der Waals surface area contributed by atoms with Crippen LogP contribution in [-0.4, -0.2) is 33.7 Å². The Morgan fingerprint density at radius 1 is 1.26 bits per heavy atom. The first-order chi connectivity index (χ1) is 8.60. The lowest BCUT2D eigenvalue weighted by atomic mass is 10.2. The highest BCUT2D eigenvalue weighted by atomic mass is 32.2. The van der Waals surface area contributed by atoms with Gasteiger partial charge >= 0.3 is 5.97 Å². The van der Waals surface area contributed by atoms with Gasteiger partial charge in [0.25, 0.3) is 0 Å². The van der Waals surface area contributed by atoms with Crippen molar-refractivity contribution in [3.63, 3.8) is 0 Å². The molecule has 1 aromatic rings. The molecule has 0 aliphatic heterocycles. The molecule has 0 unspecified atom stereocenters. The fourth-order valence-electron chi connectivity index (χ4n) is 1.24. The first-order valence-electron chi connectivity index (χ1n) is 4.91. The van der Waals surface area contributed by atoms with E-state index in [4.69, 9.17) is 10.2 Å². The van der Waals surface area contributed by atoms with Gasteiger partial charge in [0.15, 0.2) is 5.75 Å². The Hall–Kier alpha value is -1.49. The summed E-state index contributed by atoms with van der Waals surface area (Å²) >= 11 is 0. The molecule has 0 aromatic heterocycles. The first kappa shape index (κ1) is 15.6. The second kappa shape index (κ2) is 5.65. The predicted molar refractivity (Wildman–Crippen MR) is 66.1 cm³/mol. The molecule has 0 saturated carbocycles. The summed E-state index contributed by atoms with van der Waals surface area (Å²) in [5, 5.41) is 13.3. The van der Waals surface area contributed by atoms with Crippen molar-refractivity contribution in [2.24, 2.45) is 5.14 Å². The van der Waals surface area contributed by atoms with E-state index in [0.29, 0.717) is 5.56 Å². The molecule has 10 heteroatoms. The van der Waals surface area contributed by atoms with Crippen molar-refractivity contribution in [1.29, 1.82) is 0 Å². The van der Waals surface area contributed by atoms with Gasteiger partial charge in [-0.15, -0.1) is 0 Å². The highest BCUT2D eigenvalue weighted by Gasteiger charge is 2.15. The van der Waals surface area contributed by atoms with Crippen LogP contribution in [0, 0.1) is 0 Å². The van der Waals surface area contributed by atoms with E-state index in [1.807, 2.05) is 4.72 Å². The van der Waals surface area contributed by atoms with Gasteiger partial charge in [-0.1, -0.05) is 12.1 Å². The normalized spacial score (nSPS) is 12.3. The second-order valence-corrected chi connectivity index (χ2v) is 7.03. The topological polar surface area (TPSA) is 144 Å². The molecule has 0 fully saturated rings. The van der Waals surface area contributed by atoms with E-state index in [2.05, 4.69) is 0 Å². The third-order valence-corrected chi connectivity index (χ3v) is 4.16. The maximum Gasteiger partial charge on any atom is 0.320 e. The molecule has 0 heterocycles. The smallest absolute Gasteiger partial charge is 0.320 e. The average molecular weight is 308 g/mol. The number of carboxylic acids is 1. The SMILES string of the molecule is NS(=O)(=O)c1cccc(CNS(=O)(=O)CC(=O)O)c1. The van der Waals surface area contributed by atoms with Crippen LogP contribution < -0.4 is 9.86 Å². The Morgan fingerprint density at radius 3 is 2.42 bits per heavy atom. The second-order valence-electron chi connectivity index (χ2n) is 3.67.